The Morgan fingerprint density at radius 2 is 0.608 bits per heavy atom. The third-order valence-electron chi connectivity index (χ3n) is 25.2. The number of ether oxygens (including phenoxy) is 7. The van der Waals surface area contributed by atoms with E-state index >= 15 is 4.79 Å². The van der Waals surface area contributed by atoms with Crippen LogP contribution in [0.25, 0.3) is 0 Å². The monoisotopic (exact) mass is 1800 g/mol. The second-order valence-corrected chi connectivity index (χ2v) is 40.5. The predicted octanol–water partition coefficient (Wildman–Crippen LogP) is 25.1. The van der Waals surface area contributed by atoms with Gasteiger partial charge in [0.2, 0.25) is 11.8 Å². The Hall–Kier alpha value is -3.31. The van der Waals surface area contributed by atoms with E-state index < -0.39 is 130 Å². The van der Waals surface area contributed by atoms with Crippen molar-refractivity contribution in [2.24, 2.45) is 23.7 Å². The Morgan fingerprint density at radius 1 is 0.336 bits per heavy atom. The first-order valence-corrected chi connectivity index (χ1v) is 53.8. The minimum atomic E-state index is -5.51. The van der Waals surface area contributed by atoms with Crippen LogP contribution in [0, 0.1) is 23.7 Å². The Bertz CT molecular complexity index is 2650. The third-order valence-corrected chi connectivity index (χ3v) is 25.7. The molecule has 0 aromatic heterocycles. The molecule has 2 aliphatic rings. The molecule has 12 atom stereocenters. The van der Waals surface area contributed by atoms with E-state index in [9.17, 15) is 53.6 Å². The van der Waals surface area contributed by atoms with Gasteiger partial charge in [-0.3, -0.25) is 33.3 Å². The molecular weight excluding hydrogens is 1600 g/mol. The minimum absolute atomic E-state index is 0.0386. The zero-order valence-electron chi connectivity index (χ0n) is 81.5. The van der Waals surface area contributed by atoms with Crippen LogP contribution in [0.4, 0.5) is 0 Å². The summed E-state index contributed by atoms with van der Waals surface area (Å²) < 4.78 is 62.0. The predicted molar refractivity (Wildman–Crippen MR) is 504 cm³/mol. The summed E-state index contributed by atoms with van der Waals surface area (Å²) in [6.45, 7) is 20.7. The quantitative estimate of drug-likeness (QED) is 0.0129. The smallest absolute Gasteiger partial charge is 0.462 e. The molecule has 2 fully saturated rings. The van der Waals surface area contributed by atoms with E-state index in [2.05, 4.69) is 79.9 Å². The van der Waals surface area contributed by atoms with E-state index in [0.29, 0.717) is 75.5 Å². The van der Waals surface area contributed by atoms with E-state index in [4.69, 9.17) is 37.7 Å². The van der Waals surface area contributed by atoms with Gasteiger partial charge in [-0.15, -0.1) is 0 Å². The molecule has 2 saturated heterocycles. The minimum Gasteiger partial charge on any atom is -0.462 e. The van der Waals surface area contributed by atoms with Crippen LogP contribution in [-0.4, -0.2) is 148 Å². The molecule has 4 unspecified atom stereocenters. The van der Waals surface area contributed by atoms with Crippen LogP contribution in [-0.2, 0) is 71.0 Å². The summed E-state index contributed by atoms with van der Waals surface area (Å²) in [5.41, 5.74) is 0. The SMILES string of the molecule is CCCCCCCCCCCCCCCC(=O)O[C@@H]1C(NC(=O)C[C@@H](CCCCCCCCCC(C)C)OC(=O)CCCCCCCCCCCC(C)C)[C@H](O)OC(CO[C@@H]2OC(CO)[C@@H](OP(=O)(O)O)[C@H](OC(=O)CCCCCCCCCCCCC)C2NC(=O)C[C@@H](CCCCCCCCCC(C)C)OC(=O)CCCCCCCCCCCC(C)C)[C@H]1O. The molecule has 0 radical (unpaired) electrons. The molecule has 2 rings (SSSR count). The van der Waals surface area contributed by atoms with Gasteiger partial charge in [0.1, 0.15) is 48.7 Å². The molecule has 23 heteroatoms. The topological polar surface area (TPSA) is 319 Å². The number of hydrogen-bond acceptors (Lipinski definition) is 18. The summed E-state index contributed by atoms with van der Waals surface area (Å²) in [5, 5.41) is 41.6. The molecule has 0 bridgehead atoms. The summed E-state index contributed by atoms with van der Waals surface area (Å²) in [6.07, 6.45) is 47.9. The molecule has 0 aromatic rings. The van der Waals surface area contributed by atoms with Gasteiger partial charge >= 0.3 is 31.7 Å². The summed E-state index contributed by atoms with van der Waals surface area (Å²) in [6, 6.07) is -3.25. The number of nitrogens with one attached hydrogen (secondary N) is 2. The average Bonchev–Trinajstić information content (AvgIpc) is 0.841. The van der Waals surface area contributed by atoms with Crippen molar-refractivity contribution in [3.8, 4) is 0 Å². The zero-order valence-corrected chi connectivity index (χ0v) is 82.4. The van der Waals surface area contributed by atoms with E-state index in [1.807, 2.05) is 0 Å². The lowest BCUT2D eigenvalue weighted by Crippen LogP contribution is -2.68. The van der Waals surface area contributed by atoms with E-state index in [1.165, 1.54) is 180 Å². The molecule has 125 heavy (non-hydrogen) atoms. The average molecular weight is 1800 g/mol. The molecular formula is C102H193N2O20P. The number of phosphoric ester groups is 1. The molecule has 0 saturated carbocycles. The number of carbonyl (C=O) groups excluding carboxylic acids is 6. The van der Waals surface area contributed by atoms with Crippen LogP contribution >= 0.6 is 7.82 Å². The van der Waals surface area contributed by atoms with E-state index in [0.717, 1.165) is 166 Å². The van der Waals surface area contributed by atoms with Crippen molar-refractivity contribution >= 4 is 43.5 Å². The van der Waals surface area contributed by atoms with Crippen molar-refractivity contribution in [1.29, 1.82) is 0 Å². The lowest BCUT2D eigenvalue weighted by atomic mass is 9.95. The van der Waals surface area contributed by atoms with Crippen LogP contribution in [0.15, 0.2) is 0 Å². The highest BCUT2D eigenvalue weighted by molar-refractivity contribution is 7.46. The van der Waals surface area contributed by atoms with Gasteiger partial charge in [-0.25, -0.2) is 4.57 Å². The molecule has 2 heterocycles. The first-order valence-electron chi connectivity index (χ1n) is 52.3. The van der Waals surface area contributed by atoms with Crippen molar-refractivity contribution in [2.45, 2.75) is 579 Å². The second-order valence-electron chi connectivity index (χ2n) is 39.3. The van der Waals surface area contributed by atoms with Crippen molar-refractivity contribution in [2.75, 3.05) is 13.2 Å². The maximum atomic E-state index is 15.0. The number of aliphatic hydroxyl groups is 3. The largest absolute Gasteiger partial charge is 0.470 e. The maximum Gasteiger partial charge on any atom is 0.470 e. The number of esters is 4. The van der Waals surface area contributed by atoms with E-state index in [1.54, 1.807) is 0 Å². The van der Waals surface area contributed by atoms with Crippen LogP contribution in [0.5, 0.6) is 0 Å². The lowest BCUT2D eigenvalue weighted by Gasteiger charge is -2.46. The number of hydrogen-bond donors (Lipinski definition) is 7. The number of rotatable bonds is 86. The zero-order chi connectivity index (χ0) is 91.8. The van der Waals surface area contributed by atoms with Gasteiger partial charge in [-0.1, -0.05) is 416 Å². The molecule has 736 valence electrons. The summed E-state index contributed by atoms with van der Waals surface area (Å²) >= 11 is 0. The third kappa shape index (κ3) is 65.8. The fourth-order valence-corrected chi connectivity index (χ4v) is 18.1. The Morgan fingerprint density at radius 3 is 0.904 bits per heavy atom. The van der Waals surface area contributed by atoms with Gasteiger partial charge in [0.25, 0.3) is 0 Å². The van der Waals surface area contributed by atoms with Crippen molar-refractivity contribution in [3.63, 3.8) is 0 Å². The highest BCUT2D eigenvalue weighted by Gasteiger charge is 2.54. The highest BCUT2D eigenvalue weighted by Crippen LogP contribution is 2.43. The Balaban J connectivity index is 2.63. The van der Waals surface area contributed by atoms with Crippen LogP contribution in [0.1, 0.15) is 506 Å². The van der Waals surface area contributed by atoms with Crippen LogP contribution in [0.2, 0.25) is 0 Å². The Labute approximate surface area is 762 Å². The van der Waals surface area contributed by atoms with Gasteiger partial charge in [-0.05, 0) is 75.0 Å². The fourth-order valence-electron chi connectivity index (χ4n) is 17.5. The number of phosphoric acid groups is 1. The normalized spacial score (nSPS) is 19.8. The molecule has 0 aromatic carbocycles. The standard InChI is InChI=1S/C102H193N2O20P/c1-11-13-15-17-19-21-23-24-26-32-45-55-65-75-93(110)122-99-95(103-89(106)77-85(71-61-51-41-35-39-49-59-69-83(7)8)118-91(108)73-63-53-43-33-27-29-37-47-57-67-81(3)4)101(113)120-88(97(99)112)80-117-102-96(100(98(87(79-105)121-102)124-125(114,115)116)123-94(111)76-66-56-46-31-25-22-20-18-16-14-12-2)104-90(107)78-86(72-62-52-42-36-40-50-60-70-84(9)10)119-92(109)74-64-54-44-34-28-30-38-48-58-68-82(5)6/h81-88,95-102,105,112-113H,11-80H2,1-10H3,(H,103,106)(H,104,107)(H2,114,115,116)/t85-,86-,87?,88?,95?,96?,97-,98-,99-,100-,101-,102-/m1/s1. The van der Waals surface area contributed by atoms with Gasteiger partial charge in [0.15, 0.2) is 24.8 Å². The Kier molecular flexibility index (Phi) is 73.7. The summed E-state index contributed by atoms with van der Waals surface area (Å²) in [4.78, 5) is 107. The number of carbonyl (C=O) groups is 6. The van der Waals surface area contributed by atoms with Gasteiger partial charge in [0.05, 0.1) is 26.1 Å². The number of aliphatic hydroxyl groups excluding tert-OH is 3. The molecule has 0 spiro atoms. The van der Waals surface area contributed by atoms with Crippen LogP contribution < -0.4 is 10.6 Å². The van der Waals surface area contributed by atoms with Crippen molar-refractivity contribution in [3.05, 3.63) is 0 Å². The molecule has 2 amide bonds. The van der Waals surface area contributed by atoms with Gasteiger partial charge < -0.3 is 68.9 Å². The van der Waals surface area contributed by atoms with Crippen molar-refractivity contribution in [1.82, 2.24) is 10.6 Å². The molecule has 2 aliphatic heterocycles. The summed E-state index contributed by atoms with van der Waals surface area (Å²) in [5.74, 6) is -0.973. The van der Waals surface area contributed by atoms with Crippen LogP contribution in [0.3, 0.4) is 0 Å². The maximum absolute atomic E-state index is 15.0. The second kappa shape index (κ2) is 78.2. The molecule has 22 nitrogen and oxygen atoms in total. The molecule has 7 N–H and O–H groups in total. The van der Waals surface area contributed by atoms with E-state index in [-0.39, 0.29) is 38.5 Å². The van der Waals surface area contributed by atoms with Gasteiger partial charge in [0, 0.05) is 25.7 Å². The first-order chi connectivity index (χ1) is 60.3. The van der Waals surface area contributed by atoms with Gasteiger partial charge in [-0.2, -0.15) is 0 Å². The summed E-state index contributed by atoms with van der Waals surface area (Å²) in [7, 11) is -5.51. The molecule has 0 aliphatic carbocycles. The van der Waals surface area contributed by atoms with Crippen molar-refractivity contribution < 1.29 is 96.1 Å². The highest BCUT2D eigenvalue weighted by atomic mass is 31.2. The first kappa shape index (κ1) is 118. The number of amides is 2. The lowest BCUT2D eigenvalue weighted by molar-refractivity contribution is -0.298. The number of unbranched alkanes of at least 4 members (excludes halogenated alkanes) is 50. The fraction of sp³-hybridized carbons (Fsp3) is 0.941.